The van der Waals surface area contributed by atoms with Gasteiger partial charge in [0.05, 0.1) is 11.6 Å². The second kappa shape index (κ2) is 8.03. The summed E-state index contributed by atoms with van der Waals surface area (Å²) < 4.78 is 7.12. The maximum Gasteiger partial charge on any atom is 0.334 e. The summed E-state index contributed by atoms with van der Waals surface area (Å²) in [5.41, 5.74) is 0.365. The van der Waals surface area contributed by atoms with E-state index >= 15 is 0 Å². The van der Waals surface area contributed by atoms with Gasteiger partial charge in [-0.05, 0) is 58.2 Å². The zero-order valence-electron chi connectivity index (χ0n) is 12.6. The monoisotopic (exact) mass is 394 g/mol. The molecule has 120 valence electrons. The summed E-state index contributed by atoms with van der Waals surface area (Å²) in [5.74, 6) is 0.142. The highest BCUT2D eigenvalue weighted by Crippen LogP contribution is 2.25. The van der Waals surface area contributed by atoms with Crippen molar-refractivity contribution in [3.63, 3.8) is 0 Å². The number of ether oxygens (including phenoxy) is 1. The van der Waals surface area contributed by atoms with Crippen LogP contribution in [0, 0.1) is 0 Å². The Bertz CT molecular complexity index is 710. The molecule has 0 aromatic heterocycles. The van der Waals surface area contributed by atoms with Crippen LogP contribution in [0.15, 0.2) is 57.9 Å². The highest BCUT2D eigenvalue weighted by atomic mass is 79.9. The van der Waals surface area contributed by atoms with Gasteiger partial charge in [-0.15, -0.1) is 0 Å². The molecule has 0 fully saturated rings. The van der Waals surface area contributed by atoms with E-state index in [2.05, 4.69) is 21.2 Å². The van der Waals surface area contributed by atoms with Crippen LogP contribution in [0.25, 0.3) is 0 Å². The molecule has 1 N–H and O–H groups in total. The number of benzene rings is 2. The number of rotatable bonds is 4. The Morgan fingerprint density at radius 2 is 1.87 bits per heavy atom. The molecule has 3 amide bonds. The normalized spacial score (nSPS) is 10.0. The fourth-order valence-corrected chi connectivity index (χ4v) is 3.00. The molecule has 5 nitrogen and oxygen atoms in total. The van der Waals surface area contributed by atoms with E-state index < -0.39 is 11.9 Å². The molecule has 0 aliphatic carbocycles. The lowest BCUT2D eigenvalue weighted by atomic mass is 10.2. The molecule has 0 bridgehead atoms. The van der Waals surface area contributed by atoms with Gasteiger partial charge in [0.15, 0.2) is 0 Å². The Morgan fingerprint density at radius 1 is 1.17 bits per heavy atom. The smallest absolute Gasteiger partial charge is 0.334 e. The van der Waals surface area contributed by atoms with Crippen LogP contribution < -0.4 is 10.1 Å². The first-order valence-electron chi connectivity index (χ1n) is 6.67. The number of amides is 3. The fraction of sp³-hybridized carbons (Fsp3) is 0.125. The van der Waals surface area contributed by atoms with Crippen molar-refractivity contribution in [2.45, 2.75) is 4.90 Å². The molecule has 0 atom stereocenters. The van der Waals surface area contributed by atoms with Gasteiger partial charge in [-0.2, -0.15) is 0 Å². The average molecular weight is 395 g/mol. The number of hydrogen-bond acceptors (Lipinski definition) is 4. The number of methoxy groups -OCH3 is 1. The van der Waals surface area contributed by atoms with Crippen molar-refractivity contribution in [1.82, 2.24) is 9.62 Å². The number of urea groups is 1. The number of carbonyl (C=O) groups excluding carboxylic acids is 2. The SMILES string of the molecule is COc1ccc(C(=O)NC(=O)N(C)Sc2ccccc2)cc1Br. The molecule has 0 saturated carbocycles. The zero-order chi connectivity index (χ0) is 16.8. The quantitative estimate of drug-likeness (QED) is 0.797. The number of carbonyl (C=O) groups is 2. The summed E-state index contributed by atoms with van der Waals surface area (Å²) in [5, 5.41) is 2.35. The van der Waals surface area contributed by atoms with Crippen LogP contribution in [0.4, 0.5) is 4.79 Å². The van der Waals surface area contributed by atoms with Gasteiger partial charge in [-0.3, -0.25) is 14.4 Å². The second-order valence-corrected chi connectivity index (χ2v) is 6.57. The minimum absolute atomic E-state index is 0.365. The molecular weight excluding hydrogens is 380 g/mol. The summed E-state index contributed by atoms with van der Waals surface area (Å²) in [6.45, 7) is 0. The summed E-state index contributed by atoms with van der Waals surface area (Å²) >= 11 is 4.55. The fourth-order valence-electron chi connectivity index (χ4n) is 1.74. The largest absolute Gasteiger partial charge is 0.496 e. The highest BCUT2D eigenvalue weighted by Gasteiger charge is 2.16. The van der Waals surface area contributed by atoms with Crippen LogP contribution >= 0.6 is 27.9 Å². The molecule has 0 unspecified atom stereocenters. The van der Waals surface area contributed by atoms with Crippen LogP contribution in [-0.2, 0) is 0 Å². The molecule has 7 heteroatoms. The maximum atomic E-state index is 12.1. The van der Waals surface area contributed by atoms with E-state index in [-0.39, 0.29) is 0 Å². The Balaban J connectivity index is 1.99. The van der Waals surface area contributed by atoms with Gasteiger partial charge in [-0.1, -0.05) is 18.2 Å². The lowest BCUT2D eigenvalue weighted by molar-refractivity contribution is 0.0961. The van der Waals surface area contributed by atoms with Crippen molar-refractivity contribution < 1.29 is 14.3 Å². The maximum absolute atomic E-state index is 12.1. The predicted molar refractivity (Wildman–Crippen MR) is 93.6 cm³/mol. The molecular formula is C16H15BrN2O3S. The van der Waals surface area contributed by atoms with Gasteiger partial charge in [0.1, 0.15) is 5.75 Å². The standard InChI is InChI=1S/C16H15BrN2O3S/c1-19(23-12-6-4-3-5-7-12)16(21)18-15(20)11-8-9-14(22-2)13(17)10-11/h3-10H,1-2H3,(H,18,20,21). The summed E-state index contributed by atoms with van der Waals surface area (Å²) in [6.07, 6.45) is 0. The molecule has 23 heavy (non-hydrogen) atoms. The number of nitrogens with zero attached hydrogens (tertiary/aromatic N) is 1. The van der Waals surface area contributed by atoms with Crippen molar-refractivity contribution in [3.05, 3.63) is 58.6 Å². The summed E-state index contributed by atoms with van der Waals surface area (Å²) in [4.78, 5) is 25.1. The van der Waals surface area contributed by atoms with Crippen molar-refractivity contribution in [3.8, 4) is 5.75 Å². The van der Waals surface area contributed by atoms with Crippen LogP contribution in [0.5, 0.6) is 5.75 Å². The molecule has 0 heterocycles. The van der Waals surface area contributed by atoms with Crippen molar-refractivity contribution in [2.24, 2.45) is 0 Å². The summed E-state index contributed by atoms with van der Waals surface area (Å²) in [6, 6.07) is 13.8. The number of halogens is 1. The third-order valence-electron chi connectivity index (χ3n) is 2.91. The molecule has 2 rings (SSSR count). The Hall–Kier alpha value is -1.99. The average Bonchev–Trinajstić information content (AvgIpc) is 2.55. The Morgan fingerprint density at radius 3 is 2.48 bits per heavy atom. The first-order valence-corrected chi connectivity index (χ1v) is 8.23. The van der Waals surface area contributed by atoms with Gasteiger partial charge in [0.25, 0.3) is 5.91 Å². The van der Waals surface area contributed by atoms with Crippen LogP contribution in [0.3, 0.4) is 0 Å². The van der Waals surface area contributed by atoms with E-state index in [1.165, 1.54) is 16.3 Å². The lowest BCUT2D eigenvalue weighted by Crippen LogP contribution is -2.37. The van der Waals surface area contributed by atoms with Crippen LogP contribution in [0.1, 0.15) is 10.4 Å². The van der Waals surface area contributed by atoms with Gasteiger partial charge < -0.3 is 4.74 Å². The minimum atomic E-state index is -0.490. The topological polar surface area (TPSA) is 58.6 Å². The van der Waals surface area contributed by atoms with E-state index in [1.807, 2.05) is 30.3 Å². The van der Waals surface area contributed by atoms with E-state index in [0.717, 1.165) is 4.90 Å². The third-order valence-corrected chi connectivity index (χ3v) is 4.45. The second-order valence-electron chi connectivity index (χ2n) is 4.51. The first-order chi connectivity index (χ1) is 11.0. The molecule has 2 aromatic carbocycles. The number of imide groups is 1. The molecule has 0 spiro atoms. The molecule has 0 aliphatic heterocycles. The highest BCUT2D eigenvalue weighted by molar-refractivity contribution is 9.10. The van der Waals surface area contributed by atoms with Gasteiger partial charge in [0.2, 0.25) is 0 Å². The molecule has 2 aromatic rings. The van der Waals surface area contributed by atoms with Crippen LogP contribution in [0.2, 0.25) is 0 Å². The predicted octanol–water partition coefficient (Wildman–Crippen LogP) is 3.95. The Kier molecular flexibility index (Phi) is 6.06. The third kappa shape index (κ3) is 4.74. The van der Waals surface area contributed by atoms with Crippen LogP contribution in [-0.4, -0.2) is 30.4 Å². The van der Waals surface area contributed by atoms with E-state index in [1.54, 1.807) is 32.4 Å². The van der Waals surface area contributed by atoms with Crippen molar-refractivity contribution >= 4 is 39.8 Å². The zero-order valence-corrected chi connectivity index (χ0v) is 15.0. The van der Waals surface area contributed by atoms with Gasteiger partial charge in [-0.25, -0.2) is 4.79 Å². The van der Waals surface area contributed by atoms with Crippen molar-refractivity contribution in [1.29, 1.82) is 0 Å². The number of hydrogen-bond donors (Lipinski definition) is 1. The summed E-state index contributed by atoms with van der Waals surface area (Å²) in [7, 11) is 3.14. The van der Waals surface area contributed by atoms with Gasteiger partial charge >= 0.3 is 6.03 Å². The van der Waals surface area contributed by atoms with Crippen molar-refractivity contribution in [2.75, 3.05) is 14.2 Å². The molecule has 0 saturated heterocycles. The molecule has 0 radical (unpaired) electrons. The van der Waals surface area contributed by atoms with Gasteiger partial charge in [0, 0.05) is 17.5 Å². The van der Waals surface area contributed by atoms with E-state index in [0.29, 0.717) is 15.8 Å². The molecule has 0 aliphatic rings. The number of nitrogens with one attached hydrogen (secondary N) is 1. The minimum Gasteiger partial charge on any atom is -0.496 e. The lowest BCUT2D eigenvalue weighted by Gasteiger charge is -2.16. The Labute approximate surface area is 147 Å². The van der Waals surface area contributed by atoms with E-state index in [9.17, 15) is 9.59 Å². The van der Waals surface area contributed by atoms with E-state index in [4.69, 9.17) is 4.74 Å². The first kappa shape index (κ1) is 17.4.